The van der Waals surface area contributed by atoms with Crippen LogP contribution in [0.3, 0.4) is 0 Å². The number of nitrogens with one attached hydrogen (secondary N) is 1. The lowest BCUT2D eigenvalue weighted by Crippen LogP contribution is -2.45. The minimum Gasteiger partial charge on any atom is -0.497 e. The number of hydrogen-bond acceptors (Lipinski definition) is 5. The third kappa shape index (κ3) is 4.61. The topological polar surface area (TPSA) is 93.5 Å². The summed E-state index contributed by atoms with van der Waals surface area (Å²) in [5.74, 6) is 0.195. The van der Waals surface area contributed by atoms with Crippen LogP contribution in [0.5, 0.6) is 5.75 Å². The molecule has 0 saturated heterocycles. The quantitative estimate of drug-likeness (QED) is 0.638. The highest BCUT2D eigenvalue weighted by Gasteiger charge is 2.30. The molecule has 4 rings (SSSR count). The Balaban J connectivity index is 1.64. The van der Waals surface area contributed by atoms with Crippen LogP contribution in [0, 0.1) is 0 Å². The number of methoxy groups -OCH3 is 1. The zero-order valence-electron chi connectivity index (χ0n) is 17.6. The van der Waals surface area contributed by atoms with Crippen LogP contribution in [0.1, 0.15) is 48.2 Å². The van der Waals surface area contributed by atoms with Gasteiger partial charge in [0, 0.05) is 11.9 Å². The standard InChI is InChI=1S/C24H27N3O4/c1-31-18-11-9-17(10-12-18)15-27-20-8-4-3-7-19(20)22(28)21(26-27)23(29)25-16-24(30)13-5-2-6-14-24/h3-4,7-12,30H,2,5-6,13-16H2,1H3,(H,25,29). The molecule has 1 aliphatic carbocycles. The monoisotopic (exact) mass is 421 g/mol. The second-order valence-electron chi connectivity index (χ2n) is 8.17. The molecule has 1 saturated carbocycles. The molecule has 31 heavy (non-hydrogen) atoms. The molecule has 0 unspecified atom stereocenters. The van der Waals surface area contributed by atoms with Crippen molar-refractivity contribution in [3.63, 3.8) is 0 Å². The van der Waals surface area contributed by atoms with E-state index in [0.717, 1.165) is 30.6 Å². The maximum atomic E-state index is 13.0. The number of para-hydroxylation sites is 1. The van der Waals surface area contributed by atoms with Crippen molar-refractivity contribution in [1.29, 1.82) is 0 Å². The number of aromatic nitrogens is 2. The summed E-state index contributed by atoms with van der Waals surface area (Å²) >= 11 is 0. The van der Waals surface area contributed by atoms with Crippen molar-refractivity contribution in [2.45, 2.75) is 44.2 Å². The lowest BCUT2D eigenvalue weighted by Gasteiger charge is -2.32. The van der Waals surface area contributed by atoms with E-state index in [1.807, 2.05) is 36.4 Å². The summed E-state index contributed by atoms with van der Waals surface area (Å²) in [5, 5.41) is 18.3. The summed E-state index contributed by atoms with van der Waals surface area (Å²) in [6.45, 7) is 0.521. The fourth-order valence-corrected chi connectivity index (χ4v) is 4.13. The predicted molar refractivity (Wildman–Crippen MR) is 118 cm³/mol. The molecule has 1 heterocycles. The number of rotatable bonds is 6. The summed E-state index contributed by atoms with van der Waals surface area (Å²) in [7, 11) is 1.61. The Morgan fingerprint density at radius 2 is 1.84 bits per heavy atom. The number of fused-ring (bicyclic) bond motifs is 1. The van der Waals surface area contributed by atoms with Gasteiger partial charge in [-0.05, 0) is 42.7 Å². The highest BCUT2D eigenvalue weighted by atomic mass is 16.5. The van der Waals surface area contributed by atoms with Crippen LogP contribution in [0.15, 0.2) is 53.3 Å². The first kappa shape index (κ1) is 21.1. The normalized spacial score (nSPS) is 15.5. The molecule has 2 aromatic carbocycles. The molecule has 0 radical (unpaired) electrons. The largest absolute Gasteiger partial charge is 0.497 e. The molecule has 1 aromatic heterocycles. The van der Waals surface area contributed by atoms with Gasteiger partial charge < -0.3 is 15.2 Å². The van der Waals surface area contributed by atoms with E-state index in [0.29, 0.717) is 30.3 Å². The Morgan fingerprint density at radius 3 is 2.55 bits per heavy atom. The van der Waals surface area contributed by atoms with Crippen molar-refractivity contribution >= 4 is 16.8 Å². The number of hydrogen-bond donors (Lipinski definition) is 2. The number of nitrogens with zero attached hydrogens (tertiary/aromatic N) is 2. The summed E-state index contributed by atoms with van der Waals surface area (Å²) in [5.41, 5.74) is 0.143. The third-order valence-electron chi connectivity index (χ3n) is 5.93. The van der Waals surface area contributed by atoms with Gasteiger partial charge in [-0.2, -0.15) is 5.10 Å². The first-order valence-electron chi connectivity index (χ1n) is 10.6. The summed E-state index contributed by atoms with van der Waals surface area (Å²) in [6, 6.07) is 14.7. The Kier molecular flexibility index (Phi) is 6.04. The van der Waals surface area contributed by atoms with Gasteiger partial charge in [-0.15, -0.1) is 0 Å². The van der Waals surface area contributed by atoms with E-state index in [2.05, 4.69) is 10.4 Å². The van der Waals surface area contributed by atoms with E-state index in [1.165, 1.54) is 0 Å². The van der Waals surface area contributed by atoms with Crippen LogP contribution in [-0.4, -0.2) is 40.0 Å². The van der Waals surface area contributed by atoms with Crippen LogP contribution in [0.4, 0.5) is 0 Å². The van der Waals surface area contributed by atoms with Gasteiger partial charge in [0.1, 0.15) is 5.75 Å². The molecule has 162 valence electrons. The summed E-state index contributed by atoms with van der Waals surface area (Å²) in [6.07, 6.45) is 4.28. The average Bonchev–Trinajstić information content (AvgIpc) is 2.80. The molecule has 0 bridgehead atoms. The van der Waals surface area contributed by atoms with Crippen molar-refractivity contribution in [3.05, 3.63) is 70.0 Å². The molecular weight excluding hydrogens is 394 g/mol. The molecule has 1 aliphatic rings. The van der Waals surface area contributed by atoms with Crippen LogP contribution >= 0.6 is 0 Å². The SMILES string of the molecule is COc1ccc(Cn2nc(C(=O)NCC3(O)CCCCC3)c(=O)c3ccccc32)cc1. The van der Waals surface area contributed by atoms with Crippen LogP contribution < -0.4 is 15.5 Å². The molecule has 0 spiro atoms. The fourth-order valence-electron chi connectivity index (χ4n) is 4.13. The number of amides is 1. The maximum Gasteiger partial charge on any atom is 0.275 e. The lowest BCUT2D eigenvalue weighted by atomic mass is 9.85. The van der Waals surface area contributed by atoms with Crippen LogP contribution in [0.2, 0.25) is 0 Å². The lowest BCUT2D eigenvalue weighted by molar-refractivity contribution is 0.00518. The Labute approximate surface area is 180 Å². The van der Waals surface area contributed by atoms with Gasteiger partial charge >= 0.3 is 0 Å². The molecule has 7 heteroatoms. The predicted octanol–water partition coefficient (Wildman–Crippen LogP) is 2.88. The first-order chi connectivity index (χ1) is 15.0. The van der Waals surface area contributed by atoms with Crippen molar-refractivity contribution in [3.8, 4) is 5.75 Å². The maximum absolute atomic E-state index is 13.0. The first-order valence-corrected chi connectivity index (χ1v) is 10.6. The number of carbonyl (C=O) groups excluding carboxylic acids is 1. The van der Waals surface area contributed by atoms with Gasteiger partial charge in [-0.1, -0.05) is 43.5 Å². The van der Waals surface area contributed by atoms with E-state index in [4.69, 9.17) is 4.74 Å². The zero-order valence-corrected chi connectivity index (χ0v) is 17.6. The smallest absolute Gasteiger partial charge is 0.275 e. The average molecular weight is 421 g/mol. The Hall–Kier alpha value is -3.19. The minimum atomic E-state index is -0.910. The van der Waals surface area contributed by atoms with Gasteiger partial charge in [0.15, 0.2) is 5.69 Å². The van der Waals surface area contributed by atoms with Crippen molar-refractivity contribution in [2.24, 2.45) is 0 Å². The van der Waals surface area contributed by atoms with Gasteiger partial charge in [0.05, 0.1) is 24.8 Å². The molecule has 1 fully saturated rings. The highest BCUT2D eigenvalue weighted by Crippen LogP contribution is 2.27. The number of carbonyl (C=O) groups is 1. The molecular formula is C24H27N3O4. The molecule has 3 aromatic rings. The van der Waals surface area contributed by atoms with Gasteiger partial charge in [-0.25, -0.2) is 0 Å². The number of ether oxygens (including phenoxy) is 1. The zero-order chi connectivity index (χ0) is 21.8. The van der Waals surface area contributed by atoms with E-state index in [-0.39, 0.29) is 12.2 Å². The number of benzene rings is 2. The third-order valence-corrected chi connectivity index (χ3v) is 5.93. The molecule has 0 atom stereocenters. The van der Waals surface area contributed by atoms with E-state index in [1.54, 1.807) is 23.9 Å². The van der Waals surface area contributed by atoms with E-state index >= 15 is 0 Å². The minimum absolute atomic E-state index is 0.123. The van der Waals surface area contributed by atoms with Crippen molar-refractivity contribution in [1.82, 2.24) is 15.1 Å². The van der Waals surface area contributed by atoms with Gasteiger partial charge in [-0.3, -0.25) is 14.3 Å². The molecule has 1 amide bonds. The summed E-state index contributed by atoms with van der Waals surface area (Å²) in [4.78, 5) is 25.8. The van der Waals surface area contributed by atoms with Gasteiger partial charge in [0.25, 0.3) is 5.91 Å². The Bertz CT molecular complexity index is 1130. The fraction of sp³-hybridized carbons (Fsp3) is 0.375. The van der Waals surface area contributed by atoms with Crippen LogP contribution in [0.25, 0.3) is 10.9 Å². The van der Waals surface area contributed by atoms with Crippen molar-refractivity contribution in [2.75, 3.05) is 13.7 Å². The van der Waals surface area contributed by atoms with Crippen molar-refractivity contribution < 1.29 is 14.6 Å². The molecule has 7 nitrogen and oxygen atoms in total. The molecule has 2 N–H and O–H groups in total. The summed E-state index contributed by atoms with van der Waals surface area (Å²) < 4.78 is 6.87. The molecule has 0 aliphatic heterocycles. The van der Waals surface area contributed by atoms with E-state index in [9.17, 15) is 14.7 Å². The second-order valence-corrected chi connectivity index (χ2v) is 8.17. The van der Waals surface area contributed by atoms with Crippen LogP contribution in [-0.2, 0) is 6.54 Å². The number of aliphatic hydroxyl groups is 1. The van der Waals surface area contributed by atoms with E-state index < -0.39 is 16.9 Å². The van der Waals surface area contributed by atoms with Gasteiger partial charge in [0.2, 0.25) is 5.43 Å². The second kappa shape index (κ2) is 8.89. The highest BCUT2D eigenvalue weighted by molar-refractivity contribution is 5.95. The Morgan fingerprint density at radius 1 is 1.13 bits per heavy atom.